The quantitative estimate of drug-likeness (QED) is 0.729. The summed E-state index contributed by atoms with van der Waals surface area (Å²) in [4.78, 5) is 12.9. The molecule has 4 rings (SSSR count). The standard InChI is InChI=1S/C19H24N6OS/c1-13-14(2)27-19(21-13)23-18-6-4-5-16(22-18)17-12-25(7-8-26-17)11-15-9-20-24(3)10-15/h4-6,9-10,17H,7-8,11-12H2,1-3H3,(H,21,22,23)/t17-/m1/s1. The number of pyridine rings is 1. The van der Waals surface area contributed by atoms with Gasteiger partial charge in [0.2, 0.25) is 0 Å². The van der Waals surface area contributed by atoms with Gasteiger partial charge in [0.05, 0.1) is 24.2 Å². The van der Waals surface area contributed by atoms with E-state index < -0.39 is 0 Å². The molecule has 0 bridgehead atoms. The van der Waals surface area contributed by atoms with Crippen LogP contribution in [0.15, 0.2) is 30.6 Å². The molecule has 0 aromatic carbocycles. The molecule has 27 heavy (non-hydrogen) atoms. The number of rotatable bonds is 5. The predicted octanol–water partition coefficient (Wildman–Crippen LogP) is 3.21. The first kappa shape index (κ1) is 18.1. The van der Waals surface area contributed by atoms with Gasteiger partial charge < -0.3 is 10.1 Å². The molecule has 3 aromatic rings. The van der Waals surface area contributed by atoms with Gasteiger partial charge >= 0.3 is 0 Å². The smallest absolute Gasteiger partial charge is 0.188 e. The topological polar surface area (TPSA) is 68.1 Å². The molecule has 0 amide bonds. The Kier molecular flexibility index (Phi) is 5.20. The lowest BCUT2D eigenvalue weighted by atomic mass is 10.1. The molecule has 1 saturated heterocycles. The second kappa shape index (κ2) is 7.75. The molecule has 0 aliphatic carbocycles. The minimum absolute atomic E-state index is 0.0306. The van der Waals surface area contributed by atoms with Gasteiger partial charge in [-0.15, -0.1) is 11.3 Å². The van der Waals surface area contributed by atoms with E-state index in [-0.39, 0.29) is 6.10 Å². The third-order valence-corrected chi connectivity index (χ3v) is 5.67. The Labute approximate surface area is 163 Å². The van der Waals surface area contributed by atoms with E-state index in [9.17, 15) is 0 Å². The van der Waals surface area contributed by atoms with Crippen molar-refractivity contribution in [1.82, 2.24) is 24.6 Å². The highest BCUT2D eigenvalue weighted by atomic mass is 32.1. The average Bonchev–Trinajstić information content (AvgIpc) is 3.20. The van der Waals surface area contributed by atoms with Crippen LogP contribution in [0.3, 0.4) is 0 Å². The van der Waals surface area contributed by atoms with Crippen LogP contribution in [-0.4, -0.2) is 44.3 Å². The van der Waals surface area contributed by atoms with Gasteiger partial charge in [-0.05, 0) is 26.0 Å². The van der Waals surface area contributed by atoms with E-state index in [1.54, 1.807) is 11.3 Å². The van der Waals surface area contributed by atoms with E-state index in [0.717, 1.165) is 42.0 Å². The molecule has 8 heteroatoms. The van der Waals surface area contributed by atoms with Crippen molar-refractivity contribution in [2.45, 2.75) is 26.5 Å². The fourth-order valence-electron chi connectivity index (χ4n) is 3.17. The molecule has 1 N–H and O–H groups in total. The predicted molar refractivity (Wildman–Crippen MR) is 106 cm³/mol. The van der Waals surface area contributed by atoms with E-state index in [0.29, 0.717) is 6.61 Å². The van der Waals surface area contributed by atoms with Crippen LogP contribution in [0.25, 0.3) is 0 Å². The van der Waals surface area contributed by atoms with Gasteiger partial charge in [0.1, 0.15) is 11.9 Å². The summed E-state index contributed by atoms with van der Waals surface area (Å²) in [5.41, 5.74) is 3.22. The van der Waals surface area contributed by atoms with E-state index in [1.165, 1.54) is 10.4 Å². The summed E-state index contributed by atoms with van der Waals surface area (Å²) in [6, 6.07) is 6.01. The lowest BCUT2D eigenvalue weighted by Gasteiger charge is -2.32. The summed E-state index contributed by atoms with van der Waals surface area (Å²) < 4.78 is 7.84. The van der Waals surface area contributed by atoms with Crippen molar-refractivity contribution in [2.75, 3.05) is 25.0 Å². The highest BCUT2D eigenvalue weighted by molar-refractivity contribution is 7.15. The Morgan fingerprint density at radius 2 is 2.19 bits per heavy atom. The van der Waals surface area contributed by atoms with E-state index in [2.05, 4.69) is 33.4 Å². The number of anilines is 2. The second-order valence-corrected chi connectivity index (χ2v) is 8.05. The summed E-state index contributed by atoms with van der Waals surface area (Å²) in [5, 5.41) is 8.44. The van der Waals surface area contributed by atoms with Crippen LogP contribution >= 0.6 is 11.3 Å². The third kappa shape index (κ3) is 4.35. The first-order valence-electron chi connectivity index (χ1n) is 9.06. The minimum atomic E-state index is -0.0306. The van der Waals surface area contributed by atoms with Gasteiger partial charge in [0, 0.05) is 43.3 Å². The average molecular weight is 385 g/mol. The number of nitrogens with zero attached hydrogens (tertiary/aromatic N) is 5. The van der Waals surface area contributed by atoms with Crippen molar-refractivity contribution in [3.8, 4) is 0 Å². The zero-order valence-electron chi connectivity index (χ0n) is 15.8. The first-order valence-corrected chi connectivity index (χ1v) is 9.88. The first-order chi connectivity index (χ1) is 13.1. The normalized spacial score (nSPS) is 18.0. The maximum absolute atomic E-state index is 6.00. The number of hydrogen-bond acceptors (Lipinski definition) is 7. The molecule has 1 atom stereocenters. The molecule has 0 spiro atoms. The fraction of sp³-hybridized carbons (Fsp3) is 0.421. The Bertz CT molecular complexity index is 901. The van der Waals surface area contributed by atoms with Crippen LogP contribution in [0.4, 0.5) is 10.9 Å². The molecule has 7 nitrogen and oxygen atoms in total. The monoisotopic (exact) mass is 384 g/mol. The zero-order chi connectivity index (χ0) is 18.8. The highest BCUT2D eigenvalue weighted by Crippen LogP contribution is 2.26. The maximum atomic E-state index is 6.00. The Hall–Kier alpha value is -2.29. The van der Waals surface area contributed by atoms with Crippen LogP contribution in [0.5, 0.6) is 0 Å². The number of aryl methyl sites for hydroxylation is 3. The van der Waals surface area contributed by atoms with Crippen molar-refractivity contribution < 1.29 is 4.74 Å². The van der Waals surface area contributed by atoms with Crippen molar-refractivity contribution >= 4 is 22.3 Å². The maximum Gasteiger partial charge on any atom is 0.188 e. The molecule has 1 aliphatic heterocycles. The van der Waals surface area contributed by atoms with Crippen LogP contribution in [0, 0.1) is 13.8 Å². The van der Waals surface area contributed by atoms with Crippen LogP contribution < -0.4 is 5.32 Å². The SMILES string of the molecule is Cc1nc(Nc2cccc([C@H]3CN(Cc4cnn(C)c4)CCO3)n2)sc1C. The minimum Gasteiger partial charge on any atom is -0.369 e. The van der Waals surface area contributed by atoms with Gasteiger partial charge in [-0.25, -0.2) is 9.97 Å². The molecule has 1 aliphatic rings. The molecule has 1 fully saturated rings. The highest BCUT2D eigenvalue weighted by Gasteiger charge is 2.23. The second-order valence-electron chi connectivity index (χ2n) is 6.85. The van der Waals surface area contributed by atoms with E-state index >= 15 is 0 Å². The Balaban J connectivity index is 1.44. The summed E-state index contributed by atoms with van der Waals surface area (Å²) in [5.74, 6) is 0.800. The molecular formula is C19H24N6OS. The van der Waals surface area contributed by atoms with Crippen LogP contribution in [-0.2, 0) is 18.3 Å². The lowest BCUT2D eigenvalue weighted by Crippen LogP contribution is -2.38. The molecule has 3 aromatic heterocycles. The van der Waals surface area contributed by atoms with Crippen LogP contribution in [0.2, 0.25) is 0 Å². The fourth-order valence-corrected chi connectivity index (χ4v) is 3.99. The van der Waals surface area contributed by atoms with Gasteiger partial charge in [0.15, 0.2) is 5.13 Å². The third-order valence-electron chi connectivity index (χ3n) is 4.68. The van der Waals surface area contributed by atoms with Gasteiger partial charge in [-0.1, -0.05) is 6.07 Å². The van der Waals surface area contributed by atoms with Crippen molar-refractivity contribution in [3.05, 3.63) is 52.4 Å². The summed E-state index contributed by atoms with van der Waals surface area (Å²) in [6.45, 7) is 7.42. The molecule has 4 heterocycles. The van der Waals surface area contributed by atoms with Crippen molar-refractivity contribution in [3.63, 3.8) is 0 Å². The van der Waals surface area contributed by atoms with Crippen LogP contribution in [0.1, 0.15) is 27.9 Å². The molecule has 0 unspecified atom stereocenters. The largest absolute Gasteiger partial charge is 0.369 e. The molecule has 0 saturated carbocycles. The van der Waals surface area contributed by atoms with Gasteiger partial charge in [0.25, 0.3) is 0 Å². The number of hydrogen-bond donors (Lipinski definition) is 1. The Morgan fingerprint density at radius 1 is 1.30 bits per heavy atom. The molecule has 0 radical (unpaired) electrons. The number of ether oxygens (including phenoxy) is 1. The molecular weight excluding hydrogens is 360 g/mol. The summed E-state index contributed by atoms with van der Waals surface area (Å²) >= 11 is 1.64. The number of thiazole rings is 1. The van der Waals surface area contributed by atoms with E-state index in [4.69, 9.17) is 9.72 Å². The van der Waals surface area contributed by atoms with E-state index in [1.807, 2.05) is 43.0 Å². The van der Waals surface area contributed by atoms with Gasteiger partial charge in [-0.2, -0.15) is 5.10 Å². The lowest BCUT2D eigenvalue weighted by molar-refractivity contribution is -0.0349. The molecule has 142 valence electrons. The number of morpholine rings is 1. The van der Waals surface area contributed by atoms with Crippen molar-refractivity contribution in [2.24, 2.45) is 7.05 Å². The number of aromatic nitrogens is 4. The van der Waals surface area contributed by atoms with Crippen molar-refractivity contribution in [1.29, 1.82) is 0 Å². The zero-order valence-corrected chi connectivity index (χ0v) is 16.7. The van der Waals surface area contributed by atoms with Gasteiger partial charge in [-0.3, -0.25) is 9.58 Å². The summed E-state index contributed by atoms with van der Waals surface area (Å²) in [7, 11) is 1.94. The number of nitrogens with one attached hydrogen (secondary N) is 1. The summed E-state index contributed by atoms with van der Waals surface area (Å²) in [6.07, 6.45) is 3.95. The Morgan fingerprint density at radius 3 is 2.93 bits per heavy atom.